The highest BCUT2D eigenvalue weighted by molar-refractivity contribution is 6.34. The summed E-state index contributed by atoms with van der Waals surface area (Å²) in [6, 6.07) is 5.51. The summed E-state index contributed by atoms with van der Waals surface area (Å²) >= 11 is 4.82. The van der Waals surface area contributed by atoms with E-state index in [2.05, 4.69) is 5.32 Å². The minimum absolute atomic E-state index is 0.174. The van der Waals surface area contributed by atoms with Gasteiger partial charge in [-0.1, -0.05) is 26.8 Å². The van der Waals surface area contributed by atoms with Crippen molar-refractivity contribution in [2.24, 2.45) is 0 Å². The fourth-order valence-electron chi connectivity index (χ4n) is 2.38. The molecule has 2 rings (SSSR count). The number of hydrogen-bond donors (Lipinski definition) is 1. The lowest BCUT2D eigenvalue weighted by atomic mass is 9.86. The van der Waals surface area contributed by atoms with Crippen LogP contribution in [0.5, 0.6) is 0 Å². The zero-order chi connectivity index (χ0) is 17.3. The average Bonchev–Trinajstić information content (AvgIpc) is 2.46. The summed E-state index contributed by atoms with van der Waals surface area (Å²) in [4.78, 5) is 13.6. The van der Waals surface area contributed by atoms with Crippen LogP contribution in [0.15, 0.2) is 18.2 Å². The van der Waals surface area contributed by atoms with Gasteiger partial charge in [0.05, 0.1) is 24.6 Å². The first-order valence-electron chi connectivity index (χ1n) is 7.44. The average molecular weight is 347 g/mol. The molecule has 0 radical (unpaired) electrons. The maximum absolute atomic E-state index is 13.0. The summed E-state index contributed by atoms with van der Waals surface area (Å²) in [6.07, 6.45) is 0. The van der Waals surface area contributed by atoms with Crippen molar-refractivity contribution in [3.63, 3.8) is 0 Å². The molecule has 0 unspecified atom stereocenters. The van der Waals surface area contributed by atoms with Gasteiger partial charge in [-0.3, -0.25) is 4.79 Å². The van der Waals surface area contributed by atoms with Gasteiger partial charge in [0, 0.05) is 13.1 Å². The molecule has 1 aliphatic heterocycles. The molecule has 1 amide bonds. The first-order valence-corrected chi connectivity index (χ1v) is 7.82. The SMILES string of the molecule is CC(C)(C)c1ccc(N2CCOCC2)c(NC(=O)C(F)(F)Cl)c1. The minimum atomic E-state index is -3.94. The van der Waals surface area contributed by atoms with Crippen molar-refractivity contribution in [1.82, 2.24) is 0 Å². The molecule has 1 fully saturated rings. The van der Waals surface area contributed by atoms with Crippen LogP contribution in [0.2, 0.25) is 0 Å². The second kappa shape index (κ2) is 6.61. The van der Waals surface area contributed by atoms with Crippen molar-refractivity contribution in [1.29, 1.82) is 0 Å². The highest BCUT2D eigenvalue weighted by Gasteiger charge is 2.36. The summed E-state index contributed by atoms with van der Waals surface area (Å²) in [5.41, 5.74) is 1.79. The predicted molar refractivity (Wildman–Crippen MR) is 87.6 cm³/mol. The first kappa shape index (κ1) is 17.9. The van der Waals surface area contributed by atoms with E-state index in [0.29, 0.717) is 37.7 Å². The van der Waals surface area contributed by atoms with Gasteiger partial charge in [-0.05, 0) is 34.7 Å². The molecule has 7 heteroatoms. The van der Waals surface area contributed by atoms with Gasteiger partial charge in [-0.15, -0.1) is 0 Å². The second-order valence-corrected chi connectivity index (χ2v) is 7.01. The van der Waals surface area contributed by atoms with E-state index in [1.807, 2.05) is 37.8 Å². The van der Waals surface area contributed by atoms with Gasteiger partial charge in [0.2, 0.25) is 0 Å². The van der Waals surface area contributed by atoms with Crippen LogP contribution in [0, 0.1) is 0 Å². The van der Waals surface area contributed by atoms with Crippen molar-refractivity contribution in [3.05, 3.63) is 23.8 Å². The summed E-state index contributed by atoms with van der Waals surface area (Å²) in [7, 11) is 0. The molecule has 1 saturated heterocycles. The lowest BCUT2D eigenvalue weighted by Gasteiger charge is -2.32. The summed E-state index contributed by atoms with van der Waals surface area (Å²) in [6.45, 7) is 8.42. The Balaban J connectivity index is 2.38. The van der Waals surface area contributed by atoms with Crippen LogP contribution in [0.3, 0.4) is 0 Å². The molecule has 0 atom stereocenters. The van der Waals surface area contributed by atoms with Crippen LogP contribution in [0.4, 0.5) is 20.2 Å². The summed E-state index contributed by atoms with van der Waals surface area (Å²) in [5, 5.41) is -1.69. The maximum Gasteiger partial charge on any atom is 0.400 e. The number of alkyl halides is 3. The first-order chi connectivity index (χ1) is 10.6. The third kappa shape index (κ3) is 4.54. The number of benzene rings is 1. The van der Waals surface area contributed by atoms with Crippen LogP contribution < -0.4 is 10.2 Å². The summed E-state index contributed by atoms with van der Waals surface area (Å²) in [5.74, 6) is -1.53. The molecule has 1 aromatic rings. The Bertz CT molecular complexity index is 576. The number of carbonyl (C=O) groups is 1. The Kier molecular flexibility index (Phi) is 5.16. The number of nitrogens with zero attached hydrogens (tertiary/aromatic N) is 1. The number of amides is 1. The molecule has 4 nitrogen and oxygen atoms in total. The molecule has 1 N–H and O–H groups in total. The number of nitrogens with one attached hydrogen (secondary N) is 1. The van der Waals surface area contributed by atoms with Gasteiger partial charge in [0.25, 0.3) is 0 Å². The Morgan fingerprint density at radius 1 is 1.26 bits per heavy atom. The quantitative estimate of drug-likeness (QED) is 0.850. The van der Waals surface area contributed by atoms with Gasteiger partial charge >= 0.3 is 11.3 Å². The van der Waals surface area contributed by atoms with E-state index in [-0.39, 0.29) is 5.41 Å². The van der Waals surface area contributed by atoms with Gasteiger partial charge in [-0.2, -0.15) is 8.78 Å². The molecule has 23 heavy (non-hydrogen) atoms. The third-order valence-corrected chi connectivity index (χ3v) is 3.89. The largest absolute Gasteiger partial charge is 0.400 e. The van der Waals surface area contributed by atoms with Crippen LogP contribution in [0.25, 0.3) is 0 Å². The van der Waals surface area contributed by atoms with Crippen molar-refractivity contribution >= 4 is 28.9 Å². The fourth-order valence-corrected chi connectivity index (χ4v) is 2.42. The Morgan fingerprint density at radius 3 is 2.39 bits per heavy atom. The molecule has 0 saturated carbocycles. The van der Waals surface area contributed by atoms with Crippen molar-refractivity contribution < 1.29 is 18.3 Å². The number of hydrogen-bond acceptors (Lipinski definition) is 3. The monoisotopic (exact) mass is 346 g/mol. The standard InChI is InChI=1S/C16H21ClF2N2O2/c1-15(2,3)11-4-5-13(21-6-8-23-9-7-21)12(10-11)20-14(22)16(17,18)19/h4-5,10H,6-9H2,1-3H3,(H,20,22). The van der Waals surface area contributed by atoms with E-state index in [0.717, 1.165) is 5.56 Å². The van der Waals surface area contributed by atoms with E-state index in [1.165, 1.54) is 0 Å². The second-order valence-electron chi connectivity index (χ2n) is 6.53. The van der Waals surface area contributed by atoms with Crippen LogP contribution in [0.1, 0.15) is 26.3 Å². The molecular weight excluding hydrogens is 326 g/mol. The number of halogens is 3. The highest BCUT2D eigenvalue weighted by atomic mass is 35.5. The molecule has 1 aliphatic rings. The number of rotatable bonds is 3. The van der Waals surface area contributed by atoms with Gasteiger partial charge < -0.3 is 15.0 Å². The van der Waals surface area contributed by atoms with Gasteiger partial charge in [-0.25, -0.2) is 0 Å². The topological polar surface area (TPSA) is 41.6 Å². The molecule has 1 heterocycles. The molecule has 0 aliphatic carbocycles. The Labute approximate surface area is 139 Å². The lowest BCUT2D eigenvalue weighted by Crippen LogP contribution is -2.37. The molecular formula is C16H21ClF2N2O2. The van der Waals surface area contributed by atoms with E-state index >= 15 is 0 Å². The fraction of sp³-hybridized carbons (Fsp3) is 0.562. The highest BCUT2D eigenvalue weighted by Crippen LogP contribution is 2.34. The molecule has 1 aromatic carbocycles. The van der Waals surface area contributed by atoms with E-state index < -0.39 is 11.3 Å². The Hall–Kier alpha value is -1.40. The number of morpholine rings is 1. The van der Waals surface area contributed by atoms with Crippen molar-refractivity contribution in [2.75, 3.05) is 36.5 Å². The van der Waals surface area contributed by atoms with Gasteiger partial charge in [0.1, 0.15) is 0 Å². The van der Waals surface area contributed by atoms with E-state index in [4.69, 9.17) is 16.3 Å². The lowest BCUT2D eigenvalue weighted by molar-refractivity contribution is -0.130. The van der Waals surface area contributed by atoms with Crippen LogP contribution >= 0.6 is 11.6 Å². The molecule has 128 valence electrons. The maximum atomic E-state index is 13.0. The van der Waals surface area contributed by atoms with Gasteiger partial charge in [0.15, 0.2) is 0 Å². The van der Waals surface area contributed by atoms with Crippen LogP contribution in [-0.4, -0.2) is 37.6 Å². The van der Waals surface area contributed by atoms with Crippen LogP contribution in [-0.2, 0) is 14.9 Å². The van der Waals surface area contributed by atoms with Crippen molar-refractivity contribution in [3.8, 4) is 0 Å². The molecule has 0 spiro atoms. The number of anilines is 2. The van der Waals surface area contributed by atoms with E-state index in [9.17, 15) is 13.6 Å². The zero-order valence-corrected chi connectivity index (χ0v) is 14.2. The summed E-state index contributed by atoms with van der Waals surface area (Å²) < 4.78 is 31.4. The smallest absolute Gasteiger partial charge is 0.378 e. The molecule has 0 aromatic heterocycles. The number of ether oxygens (including phenoxy) is 1. The minimum Gasteiger partial charge on any atom is -0.378 e. The Morgan fingerprint density at radius 2 is 1.87 bits per heavy atom. The molecule has 0 bridgehead atoms. The normalized spacial score (nSPS) is 16.3. The third-order valence-electron chi connectivity index (χ3n) is 3.72. The van der Waals surface area contributed by atoms with Crippen molar-refractivity contribution in [2.45, 2.75) is 31.6 Å². The van der Waals surface area contributed by atoms with E-state index in [1.54, 1.807) is 6.07 Å². The predicted octanol–water partition coefficient (Wildman–Crippen LogP) is 3.59. The zero-order valence-electron chi connectivity index (χ0n) is 13.5. The number of carbonyl (C=O) groups excluding carboxylic acids is 1.